The van der Waals surface area contributed by atoms with Crippen LogP contribution < -0.4 is 0 Å². The van der Waals surface area contributed by atoms with Gasteiger partial charge in [0.05, 0.1) is 5.69 Å². The fourth-order valence-corrected chi connectivity index (χ4v) is 0.740. The fraction of sp³-hybridized carbons (Fsp3) is 0.500. The summed E-state index contributed by atoms with van der Waals surface area (Å²) in [4.78, 5) is 0. The molecule has 1 aromatic rings. The van der Waals surface area contributed by atoms with Crippen LogP contribution in [0.25, 0.3) is 0 Å². The second-order valence-electron chi connectivity index (χ2n) is 2.28. The molecule has 2 N–H and O–H groups in total. The van der Waals surface area contributed by atoms with Crippen molar-refractivity contribution >= 4 is 11.4 Å². The van der Waals surface area contributed by atoms with Gasteiger partial charge in [0.25, 0.3) is 11.4 Å². The lowest BCUT2D eigenvalue weighted by atomic mass is 10.4. The Hall–Kier alpha value is -0.720. The van der Waals surface area contributed by atoms with E-state index in [1.165, 1.54) is 5.69 Å². The van der Waals surface area contributed by atoms with Crippen LogP contribution in [0.4, 0.5) is 0 Å². The smallest absolute Gasteiger partial charge is 0.284 e. The zero-order valence-electron chi connectivity index (χ0n) is 7.18. The molecule has 70 valence electrons. The molecule has 0 fully saturated rings. The molecule has 0 aliphatic carbocycles. The molecule has 0 atom stereocenters. The summed E-state index contributed by atoms with van der Waals surface area (Å²) < 4.78 is 24.7. The summed E-state index contributed by atoms with van der Waals surface area (Å²) in [5.41, 5.74) is 2.30. The van der Waals surface area contributed by atoms with Gasteiger partial charge in [0.1, 0.15) is 0 Å². The van der Waals surface area contributed by atoms with Gasteiger partial charge in [-0.3, -0.25) is 13.8 Å². The van der Waals surface area contributed by atoms with Gasteiger partial charge in [-0.2, -0.15) is 9.31 Å². The van der Waals surface area contributed by atoms with Crippen LogP contribution in [0.5, 0.6) is 0 Å². The maximum atomic E-state index is 8.67. The highest BCUT2D eigenvalue weighted by Crippen LogP contribution is 1.97. The molecule has 0 radical (unpaired) electrons. The highest BCUT2D eigenvalue weighted by Gasteiger charge is 1.91. The minimum atomic E-state index is -2.61. The van der Waals surface area contributed by atoms with Crippen LogP contribution in [0.1, 0.15) is 11.4 Å². The first-order chi connectivity index (χ1) is 5.43. The minimum absolute atomic E-state index is 1.09. The lowest BCUT2D eigenvalue weighted by Crippen LogP contribution is -1.91. The first-order valence-electron chi connectivity index (χ1n) is 3.20. The lowest BCUT2D eigenvalue weighted by Gasteiger charge is -1.87. The monoisotopic (exact) mass is 192 g/mol. The summed E-state index contributed by atoms with van der Waals surface area (Å²) >= 11 is -2.61. The Kier molecular flexibility index (Phi) is 4.72. The van der Waals surface area contributed by atoms with Crippen molar-refractivity contribution in [1.29, 1.82) is 0 Å². The summed E-state index contributed by atoms with van der Waals surface area (Å²) in [6.07, 6.45) is 0. The van der Waals surface area contributed by atoms with Crippen LogP contribution in [-0.2, 0) is 18.4 Å². The van der Waals surface area contributed by atoms with Gasteiger partial charge in [0, 0.05) is 12.7 Å². The number of aromatic nitrogens is 2. The van der Waals surface area contributed by atoms with E-state index in [1.807, 2.05) is 25.6 Å². The van der Waals surface area contributed by atoms with E-state index in [2.05, 4.69) is 11.2 Å². The van der Waals surface area contributed by atoms with Crippen molar-refractivity contribution in [3.8, 4) is 0 Å². The zero-order chi connectivity index (χ0) is 9.72. The van der Waals surface area contributed by atoms with Gasteiger partial charge >= 0.3 is 0 Å². The van der Waals surface area contributed by atoms with Crippen molar-refractivity contribution in [2.75, 3.05) is 0 Å². The quantitative estimate of drug-likeness (QED) is 0.594. The van der Waals surface area contributed by atoms with E-state index in [0.717, 1.165) is 5.69 Å². The van der Waals surface area contributed by atoms with E-state index >= 15 is 0 Å². The van der Waals surface area contributed by atoms with Crippen molar-refractivity contribution in [2.45, 2.75) is 13.8 Å². The molecule has 0 aromatic carbocycles. The Balaban J connectivity index is 0.000000261. The molecule has 0 spiro atoms. The molecule has 1 aromatic heterocycles. The third-order valence-corrected chi connectivity index (χ3v) is 1.24. The summed E-state index contributed by atoms with van der Waals surface area (Å²) in [5.74, 6) is 0. The molecule has 0 saturated heterocycles. The predicted molar refractivity (Wildman–Crippen MR) is 46.1 cm³/mol. The second kappa shape index (κ2) is 5.02. The average Bonchev–Trinajstić information content (AvgIpc) is 2.08. The fourth-order valence-electron chi connectivity index (χ4n) is 0.740. The van der Waals surface area contributed by atoms with E-state index in [1.54, 1.807) is 0 Å². The summed E-state index contributed by atoms with van der Waals surface area (Å²) in [7, 11) is 1.95. The van der Waals surface area contributed by atoms with Crippen molar-refractivity contribution < 1.29 is 13.3 Å². The minimum Gasteiger partial charge on any atom is -0.284 e. The molecule has 5 nitrogen and oxygen atoms in total. The Bertz CT molecular complexity index is 248. The van der Waals surface area contributed by atoms with E-state index < -0.39 is 11.4 Å². The van der Waals surface area contributed by atoms with Crippen molar-refractivity contribution in [3.05, 3.63) is 17.5 Å². The second-order valence-corrected chi connectivity index (χ2v) is 2.74. The van der Waals surface area contributed by atoms with Crippen LogP contribution in [0.2, 0.25) is 0 Å². The lowest BCUT2D eigenvalue weighted by molar-refractivity contribution is 0.454. The van der Waals surface area contributed by atoms with Crippen molar-refractivity contribution in [1.82, 2.24) is 9.78 Å². The van der Waals surface area contributed by atoms with Gasteiger partial charge in [-0.1, -0.05) is 0 Å². The summed E-state index contributed by atoms with van der Waals surface area (Å²) in [5, 5.41) is 4.13. The molecular formula is C6H12N2O3S. The predicted octanol–water partition coefficient (Wildman–Crippen LogP) is 0.718. The Morgan fingerprint density at radius 3 is 2.00 bits per heavy atom. The van der Waals surface area contributed by atoms with Gasteiger partial charge in [-0.25, -0.2) is 0 Å². The average molecular weight is 192 g/mol. The maximum absolute atomic E-state index is 8.67. The normalized spacial score (nSPS) is 9.50. The van der Waals surface area contributed by atoms with Gasteiger partial charge in [-0.15, -0.1) is 0 Å². The number of hydrogen-bond acceptors (Lipinski definition) is 2. The number of nitrogens with zero attached hydrogens (tertiary/aromatic N) is 2. The third-order valence-electron chi connectivity index (χ3n) is 1.24. The molecule has 0 amide bonds. The Morgan fingerprint density at radius 1 is 1.50 bits per heavy atom. The first kappa shape index (κ1) is 11.3. The maximum Gasteiger partial charge on any atom is 0.299 e. The largest absolute Gasteiger partial charge is 0.299 e. The number of rotatable bonds is 0. The van der Waals surface area contributed by atoms with Crippen LogP contribution in [0, 0.1) is 13.8 Å². The van der Waals surface area contributed by atoms with E-state index in [9.17, 15) is 0 Å². The van der Waals surface area contributed by atoms with Crippen molar-refractivity contribution in [3.63, 3.8) is 0 Å². The number of aryl methyl sites for hydroxylation is 3. The van der Waals surface area contributed by atoms with Crippen LogP contribution in [0.15, 0.2) is 6.07 Å². The molecule has 1 heterocycles. The van der Waals surface area contributed by atoms with E-state index in [0.29, 0.717) is 0 Å². The molecule has 6 heteroatoms. The highest BCUT2D eigenvalue weighted by molar-refractivity contribution is 7.73. The molecular weight excluding hydrogens is 180 g/mol. The summed E-state index contributed by atoms with van der Waals surface area (Å²) in [6.45, 7) is 4.03. The molecule has 0 unspecified atom stereocenters. The van der Waals surface area contributed by atoms with Crippen LogP contribution >= 0.6 is 0 Å². The molecule has 12 heavy (non-hydrogen) atoms. The first-order valence-corrected chi connectivity index (χ1v) is 4.27. The molecule has 1 rings (SSSR count). The standard InChI is InChI=1S/C6H10N2.H2O3S/c1-5-4-6(2)8(3)7-5;1-4(2)3/h4H,1-3H3;(H2,1,2,3). The molecule has 0 bridgehead atoms. The zero-order valence-corrected chi connectivity index (χ0v) is 8.00. The molecule has 0 aliphatic heterocycles. The van der Waals surface area contributed by atoms with Crippen LogP contribution in [0.3, 0.4) is 0 Å². The molecule has 0 saturated carbocycles. The molecule has 0 aliphatic rings. The highest BCUT2D eigenvalue weighted by atomic mass is 32.2. The summed E-state index contributed by atoms with van der Waals surface area (Å²) in [6, 6.07) is 2.06. The van der Waals surface area contributed by atoms with E-state index in [-0.39, 0.29) is 0 Å². The third kappa shape index (κ3) is 5.00. The van der Waals surface area contributed by atoms with Crippen LogP contribution in [-0.4, -0.2) is 23.1 Å². The SMILES string of the molecule is Cc1cc(C)n(C)n1.O=S(O)O. The Morgan fingerprint density at radius 2 is 1.92 bits per heavy atom. The Labute approximate surface area is 73.5 Å². The van der Waals surface area contributed by atoms with Gasteiger partial charge in [0.2, 0.25) is 0 Å². The van der Waals surface area contributed by atoms with Gasteiger partial charge in [-0.05, 0) is 19.9 Å². The number of hydrogen-bond donors (Lipinski definition) is 2. The van der Waals surface area contributed by atoms with Gasteiger partial charge in [0.15, 0.2) is 0 Å². The van der Waals surface area contributed by atoms with Gasteiger partial charge < -0.3 is 0 Å². The van der Waals surface area contributed by atoms with E-state index in [4.69, 9.17) is 13.3 Å². The van der Waals surface area contributed by atoms with Crippen molar-refractivity contribution in [2.24, 2.45) is 7.05 Å². The topological polar surface area (TPSA) is 75.4 Å².